The van der Waals surface area contributed by atoms with E-state index in [1.807, 2.05) is 19.9 Å². The predicted octanol–water partition coefficient (Wildman–Crippen LogP) is 5.68. The number of rotatable bonds is 11. The van der Waals surface area contributed by atoms with Crippen LogP contribution in [0.3, 0.4) is 0 Å². The molecule has 0 aliphatic carbocycles. The van der Waals surface area contributed by atoms with E-state index >= 15 is 0 Å². The molecule has 0 aromatic heterocycles. The van der Waals surface area contributed by atoms with E-state index in [0.717, 1.165) is 23.8 Å². The van der Waals surface area contributed by atoms with Crippen molar-refractivity contribution >= 4 is 5.97 Å². The Morgan fingerprint density at radius 3 is 2.24 bits per heavy atom. The first-order chi connectivity index (χ1) is 9.99. The van der Waals surface area contributed by atoms with Gasteiger partial charge in [0.1, 0.15) is 0 Å². The van der Waals surface area contributed by atoms with Gasteiger partial charge >= 0.3 is 5.97 Å². The van der Waals surface area contributed by atoms with Crippen LogP contribution in [0.4, 0.5) is 0 Å². The topological polar surface area (TPSA) is 26.3 Å². The molecule has 2 unspecified atom stereocenters. The van der Waals surface area contributed by atoms with Gasteiger partial charge < -0.3 is 4.74 Å². The minimum Gasteiger partial charge on any atom is -0.463 e. The molecular weight excluding hydrogens is 260 g/mol. The summed E-state index contributed by atoms with van der Waals surface area (Å²) in [6, 6.07) is 0. The Labute approximate surface area is 131 Å². The smallest absolute Gasteiger partial charge is 0.330 e. The van der Waals surface area contributed by atoms with Crippen LogP contribution in [0.2, 0.25) is 0 Å². The van der Waals surface area contributed by atoms with Gasteiger partial charge in [-0.15, -0.1) is 0 Å². The summed E-state index contributed by atoms with van der Waals surface area (Å²) in [6.45, 7) is 11.1. The fourth-order valence-corrected chi connectivity index (χ4v) is 2.42. The molecule has 0 bridgehead atoms. The summed E-state index contributed by atoms with van der Waals surface area (Å²) in [6.07, 6.45) is 13.4. The number of hydrogen-bond donors (Lipinski definition) is 0. The van der Waals surface area contributed by atoms with Crippen LogP contribution in [-0.4, -0.2) is 12.6 Å². The molecule has 0 radical (unpaired) electrons. The molecule has 0 rings (SSSR count). The SMILES string of the molecule is CCCC(C)CCC(C)CCC=CC(C)=CC(=O)OCC. The van der Waals surface area contributed by atoms with E-state index < -0.39 is 0 Å². The van der Waals surface area contributed by atoms with Gasteiger partial charge in [0, 0.05) is 6.08 Å². The van der Waals surface area contributed by atoms with E-state index in [4.69, 9.17) is 4.74 Å². The second-order valence-corrected chi connectivity index (χ2v) is 6.20. The zero-order chi connectivity index (χ0) is 16.1. The highest BCUT2D eigenvalue weighted by atomic mass is 16.5. The molecule has 0 aliphatic heterocycles. The molecule has 0 spiro atoms. The molecule has 0 saturated heterocycles. The fraction of sp³-hybridized carbons (Fsp3) is 0.737. The van der Waals surface area contributed by atoms with Crippen molar-refractivity contribution in [2.45, 2.75) is 73.1 Å². The molecule has 0 aromatic carbocycles. The molecule has 0 fully saturated rings. The van der Waals surface area contributed by atoms with Crippen molar-refractivity contribution in [3.63, 3.8) is 0 Å². The molecular formula is C19H34O2. The van der Waals surface area contributed by atoms with Crippen molar-refractivity contribution in [2.24, 2.45) is 11.8 Å². The van der Waals surface area contributed by atoms with Gasteiger partial charge in [0.2, 0.25) is 0 Å². The van der Waals surface area contributed by atoms with Gasteiger partial charge in [-0.1, -0.05) is 58.6 Å². The Morgan fingerprint density at radius 2 is 1.67 bits per heavy atom. The van der Waals surface area contributed by atoms with Crippen molar-refractivity contribution in [1.29, 1.82) is 0 Å². The largest absolute Gasteiger partial charge is 0.463 e. The van der Waals surface area contributed by atoms with Crippen LogP contribution in [0.15, 0.2) is 23.8 Å². The number of carbonyl (C=O) groups excluding carboxylic acids is 1. The minimum atomic E-state index is -0.252. The van der Waals surface area contributed by atoms with Crippen LogP contribution in [0, 0.1) is 11.8 Å². The maximum Gasteiger partial charge on any atom is 0.330 e. The molecule has 2 atom stereocenters. The number of ether oxygens (including phenoxy) is 1. The van der Waals surface area contributed by atoms with Gasteiger partial charge in [-0.3, -0.25) is 0 Å². The molecule has 21 heavy (non-hydrogen) atoms. The highest BCUT2D eigenvalue weighted by Crippen LogP contribution is 2.19. The Hall–Kier alpha value is -1.05. The number of allylic oxidation sites excluding steroid dienone is 3. The predicted molar refractivity (Wildman–Crippen MR) is 91.2 cm³/mol. The summed E-state index contributed by atoms with van der Waals surface area (Å²) in [7, 11) is 0. The van der Waals surface area contributed by atoms with Crippen molar-refractivity contribution < 1.29 is 9.53 Å². The number of hydrogen-bond acceptors (Lipinski definition) is 2. The first kappa shape index (κ1) is 19.9. The monoisotopic (exact) mass is 294 g/mol. The standard InChI is InChI=1S/C19H34O2/c1-6-10-16(3)13-14-17(4)11-8-9-12-18(5)15-19(20)21-7-2/h9,12,15-17H,6-8,10-11,13-14H2,1-5H3. The third-order valence-electron chi connectivity index (χ3n) is 3.77. The third-order valence-corrected chi connectivity index (χ3v) is 3.77. The lowest BCUT2D eigenvalue weighted by molar-refractivity contribution is -0.137. The quantitative estimate of drug-likeness (QED) is 0.278. The van der Waals surface area contributed by atoms with Gasteiger partial charge in [-0.25, -0.2) is 4.79 Å². The summed E-state index contributed by atoms with van der Waals surface area (Å²) in [5, 5.41) is 0. The molecule has 0 aliphatic rings. The van der Waals surface area contributed by atoms with Gasteiger partial charge in [0.25, 0.3) is 0 Å². The molecule has 0 heterocycles. The number of carbonyl (C=O) groups is 1. The molecule has 0 saturated carbocycles. The molecule has 2 nitrogen and oxygen atoms in total. The van der Waals surface area contributed by atoms with Crippen LogP contribution in [0.5, 0.6) is 0 Å². The first-order valence-corrected chi connectivity index (χ1v) is 8.51. The summed E-state index contributed by atoms with van der Waals surface area (Å²) < 4.78 is 4.88. The third kappa shape index (κ3) is 12.4. The average molecular weight is 294 g/mol. The minimum absolute atomic E-state index is 0.252. The van der Waals surface area contributed by atoms with Crippen LogP contribution in [-0.2, 0) is 9.53 Å². The molecule has 2 heteroatoms. The molecule has 0 aromatic rings. The van der Waals surface area contributed by atoms with E-state index in [-0.39, 0.29) is 5.97 Å². The van der Waals surface area contributed by atoms with E-state index in [1.54, 1.807) is 6.08 Å². The van der Waals surface area contributed by atoms with Crippen molar-refractivity contribution in [3.8, 4) is 0 Å². The van der Waals surface area contributed by atoms with Crippen molar-refractivity contribution in [1.82, 2.24) is 0 Å². The summed E-state index contributed by atoms with van der Waals surface area (Å²) in [5.74, 6) is 1.39. The molecule has 0 N–H and O–H groups in total. The highest BCUT2D eigenvalue weighted by Gasteiger charge is 2.05. The van der Waals surface area contributed by atoms with E-state index in [9.17, 15) is 4.79 Å². The Morgan fingerprint density at radius 1 is 1.05 bits per heavy atom. The van der Waals surface area contributed by atoms with Crippen LogP contribution in [0.25, 0.3) is 0 Å². The summed E-state index contributed by atoms with van der Waals surface area (Å²) in [5.41, 5.74) is 0.956. The Balaban J connectivity index is 3.86. The van der Waals surface area contributed by atoms with Gasteiger partial charge in [0.15, 0.2) is 0 Å². The second kappa shape index (κ2) is 12.7. The number of esters is 1. The summed E-state index contributed by atoms with van der Waals surface area (Å²) >= 11 is 0. The normalized spacial score (nSPS) is 15.2. The van der Waals surface area contributed by atoms with Crippen LogP contribution in [0.1, 0.15) is 73.1 Å². The van der Waals surface area contributed by atoms with E-state index in [2.05, 4.69) is 26.8 Å². The van der Waals surface area contributed by atoms with Crippen LogP contribution >= 0.6 is 0 Å². The lowest BCUT2D eigenvalue weighted by Gasteiger charge is -2.14. The summed E-state index contributed by atoms with van der Waals surface area (Å²) in [4.78, 5) is 11.3. The Kier molecular flexibility index (Phi) is 12.0. The van der Waals surface area contributed by atoms with E-state index in [1.165, 1.54) is 32.1 Å². The fourth-order valence-electron chi connectivity index (χ4n) is 2.42. The van der Waals surface area contributed by atoms with Crippen molar-refractivity contribution in [3.05, 3.63) is 23.8 Å². The maximum atomic E-state index is 11.3. The zero-order valence-corrected chi connectivity index (χ0v) is 14.7. The maximum absolute atomic E-state index is 11.3. The Bertz CT molecular complexity index is 328. The van der Waals surface area contributed by atoms with Gasteiger partial charge in [0.05, 0.1) is 6.61 Å². The highest BCUT2D eigenvalue weighted by molar-refractivity contribution is 5.83. The second-order valence-electron chi connectivity index (χ2n) is 6.20. The molecule has 122 valence electrons. The lowest BCUT2D eigenvalue weighted by atomic mass is 9.92. The van der Waals surface area contributed by atoms with Crippen LogP contribution < -0.4 is 0 Å². The lowest BCUT2D eigenvalue weighted by Crippen LogP contribution is -2.00. The van der Waals surface area contributed by atoms with Crippen molar-refractivity contribution in [2.75, 3.05) is 6.61 Å². The van der Waals surface area contributed by atoms with Gasteiger partial charge in [-0.2, -0.15) is 0 Å². The van der Waals surface area contributed by atoms with Gasteiger partial charge in [-0.05, 0) is 44.1 Å². The van der Waals surface area contributed by atoms with E-state index in [0.29, 0.717) is 6.61 Å². The molecule has 0 amide bonds. The zero-order valence-electron chi connectivity index (χ0n) is 14.7. The average Bonchev–Trinajstić information content (AvgIpc) is 2.42. The first-order valence-electron chi connectivity index (χ1n) is 8.51.